The van der Waals surface area contributed by atoms with Crippen LogP contribution in [0.25, 0.3) is 0 Å². The van der Waals surface area contributed by atoms with Crippen molar-refractivity contribution in [1.82, 2.24) is 14.5 Å². The molecule has 0 radical (unpaired) electrons. The third-order valence-corrected chi connectivity index (χ3v) is 2.96. The molecule has 0 spiro atoms. The maximum absolute atomic E-state index is 6.13. The SMILES string of the molecule is Cc1ccc(C(N)CCc2nccn2C)cn1. The molecular weight excluding hydrogens is 212 g/mol. The first-order valence-electron chi connectivity index (χ1n) is 5.81. The monoisotopic (exact) mass is 230 g/mol. The number of rotatable bonds is 4. The van der Waals surface area contributed by atoms with Crippen molar-refractivity contribution >= 4 is 0 Å². The number of imidazole rings is 1. The number of nitrogens with two attached hydrogens (primary N) is 1. The van der Waals surface area contributed by atoms with E-state index >= 15 is 0 Å². The molecule has 2 aromatic rings. The lowest BCUT2D eigenvalue weighted by Crippen LogP contribution is -2.13. The first-order chi connectivity index (χ1) is 8.16. The van der Waals surface area contributed by atoms with E-state index in [-0.39, 0.29) is 6.04 Å². The molecule has 0 aliphatic carbocycles. The minimum atomic E-state index is 0.0276. The molecule has 2 aromatic heterocycles. The first-order valence-corrected chi connectivity index (χ1v) is 5.81. The molecule has 2 rings (SSSR count). The summed E-state index contributed by atoms with van der Waals surface area (Å²) in [5.41, 5.74) is 8.24. The van der Waals surface area contributed by atoms with Crippen LogP contribution in [0.15, 0.2) is 30.7 Å². The Hall–Kier alpha value is -1.68. The zero-order valence-corrected chi connectivity index (χ0v) is 10.3. The summed E-state index contributed by atoms with van der Waals surface area (Å²) in [7, 11) is 2.00. The van der Waals surface area contributed by atoms with E-state index in [2.05, 4.69) is 9.97 Å². The zero-order valence-electron chi connectivity index (χ0n) is 10.3. The molecule has 0 saturated heterocycles. The second kappa shape index (κ2) is 5.10. The Bertz CT molecular complexity index is 472. The average Bonchev–Trinajstić information content (AvgIpc) is 2.73. The van der Waals surface area contributed by atoms with Crippen LogP contribution in [-0.4, -0.2) is 14.5 Å². The van der Waals surface area contributed by atoms with Gasteiger partial charge in [-0.3, -0.25) is 4.98 Å². The lowest BCUT2D eigenvalue weighted by molar-refractivity contribution is 0.618. The Morgan fingerprint density at radius 2 is 2.18 bits per heavy atom. The van der Waals surface area contributed by atoms with Crippen LogP contribution in [0.2, 0.25) is 0 Å². The van der Waals surface area contributed by atoms with Gasteiger partial charge in [-0.15, -0.1) is 0 Å². The van der Waals surface area contributed by atoms with E-state index in [1.807, 2.05) is 49.3 Å². The van der Waals surface area contributed by atoms with Gasteiger partial charge in [0.25, 0.3) is 0 Å². The van der Waals surface area contributed by atoms with Gasteiger partial charge in [0.15, 0.2) is 0 Å². The van der Waals surface area contributed by atoms with E-state index in [4.69, 9.17) is 5.73 Å². The predicted molar refractivity (Wildman–Crippen MR) is 67.4 cm³/mol. The van der Waals surface area contributed by atoms with E-state index in [1.165, 1.54) is 0 Å². The number of pyridine rings is 1. The van der Waals surface area contributed by atoms with Gasteiger partial charge in [0.05, 0.1) is 0 Å². The highest BCUT2D eigenvalue weighted by Crippen LogP contribution is 2.15. The minimum absolute atomic E-state index is 0.0276. The Morgan fingerprint density at radius 3 is 2.76 bits per heavy atom. The normalized spacial score (nSPS) is 12.6. The maximum Gasteiger partial charge on any atom is 0.108 e. The molecular formula is C13H18N4. The molecule has 0 aliphatic heterocycles. The molecule has 1 unspecified atom stereocenters. The minimum Gasteiger partial charge on any atom is -0.338 e. The molecule has 1 atom stereocenters. The van der Waals surface area contributed by atoms with Crippen molar-refractivity contribution in [3.63, 3.8) is 0 Å². The lowest BCUT2D eigenvalue weighted by atomic mass is 10.0. The molecule has 0 fully saturated rings. The molecule has 4 nitrogen and oxygen atoms in total. The molecule has 0 saturated carbocycles. The number of hydrogen-bond donors (Lipinski definition) is 1. The second-order valence-corrected chi connectivity index (χ2v) is 4.33. The van der Waals surface area contributed by atoms with Crippen LogP contribution in [0, 0.1) is 6.92 Å². The van der Waals surface area contributed by atoms with Crippen molar-refractivity contribution < 1.29 is 0 Å². The molecule has 90 valence electrons. The van der Waals surface area contributed by atoms with Crippen molar-refractivity contribution in [2.45, 2.75) is 25.8 Å². The van der Waals surface area contributed by atoms with Crippen LogP contribution >= 0.6 is 0 Å². The number of hydrogen-bond acceptors (Lipinski definition) is 3. The van der Waals surface area contributed by atoms with Gasteiger partial charge in [0, 0.05) is 43.8 Å². The van der Waals surface area contributed by atoms with Gasteiger partial charge in [-0.05, 0) is 25.0 Å². The molecule has 2 heterocycles. The average molecular weight is 230 g/mol. The summed E-state index contributed by atoms with van der Waals surface area (Å²) < 4.78 is 2.03. The van der Waals surface area contributed by atoms with E-state index in [1.54, 1.807) is 0 Å². The second-order valence-electron chi connectivity index (χ2n) is 4.33. The van der Waals surface area contributed by atoms with Crippen molar-refractivity contribution in [3.8, 4) is 0 Å². The van der Waals surface area contributed by atoms with Gasteiger partial charge >= 0.3 is 0 Å². The van der Waals surface area contributed by atoms with Gasteiger partial charge in [0.2, 0.25) is 0 Å². The summed E-state index contributed by atoms with van der Waals surface area (Å²) in [4.78, 5) is 8.55. The highest BCUT2D eigenvalue weighted by atomic mass is 15.0. The third kappa shape index (κ3) is 2.91. The molecule has 0 aliphatic rings. The van der Waals surface area contributed by atoms with Crippen LogP contribution in [0.4, 0.5) is 0 Å². The summed E-state index contributed by atoms with van der Waals surface area (Å²) in [6.07, 6.45) is 7.40. The summed E-state index contributed by atoms with van der Waals surface area (Å²) in [5.74, 6) is 1.07. The maximum atomic E-state index is 6.13. The van der Waals surface area contributed by atoms with Crippen LogP contribution < -0.4 is 5.73 Å². The van der Waals surface area contributed by atoms with Crippen molar-refractivity contribution in [2.75, 3.05) is 0 Å². The van der Waals surface area contributed by atoms with E-state index < -0.39 is 0 Å². The van der Waals surface area contributed by atoms with E-state index in [9.17, 15) is 0 Å². The fourth-order valence-electron chi connectivity index (χ4n) is 1.79. The molecule has 0 amide bonds. The van der Waals surface area contributed by atoms with Crippen LogP contribution in [0.3, 0.4) is 0 Å². The van der Waals surface area contributed by atoms with Gasteiger partial charge in [-0.1, -0.05) is 6.07 Å². The molecule has 0 aromatic carbocycles. The quantitative estimate of drug-likeness (QED) is 0.870. The van der Waals surface area contributed by atoms with Crippen LogP contribution in [0.5, 0.6) is 0 Å². The fraction of sp³-hybridized carbons (Fsp3) is 0.385. The van der Waals surface area contributed by atoms with E-state index in [0.29, 0.717) is 0 Å². The molecule has 4 heteroatoms. The lowest BCUT2D eigenvalue weighted by Gasteiger charge is -2.11. The largest absolute Gasteiger partial charge is 0.338 e. The van der Waals surface area contributed by atoms with Crippen molar-refractivity contribution in [3.05, 3.63) is 47.8 Å². The molecule has 0 bridgehead atoms. The summed E-state index contributed by atoms with van der Waals surface area (Å²) in [6, 6.07) is 4.07. The number of aryl methyl sites for hydroxylation is 3. The summed E-state index contributed by atoms with van der Waals surface area (Å²) in [6.45, 7) is 1.98. The smallest absolute Gasteiger partial charge is 0.108 e. The number of nitrogens with zero attached hydrogens (tertiary/aromatic N) is 3. The van der Waals surface area contributed by atoms with Gasteiger partial charge < -0.3 is 10.3 Å². The molecule has 2 N–H and O–H groups in total. The first kappa shape index (κ1) is 11.8. The van der Waals surface area contributed by atoms with E-state index in [0.717, 1.165) is 29.9 Å². The van der Waals surface area contributed by atoms with Crippen molar-refractivity contribution in [2.24, 2.45) is 12.8 Å². The standard InChI is InChI=1S/C13H18N4/c1-10-3-4-11(9-16-10)12(14)5-6-13-15-7-8-17(13)2/h3-4,7-9,12H,5-6,14H2,1-2H3. The summed E-state index contributed by atoms with van der Waals surface area (Å²) >= 11 is 0. The van der Waals surface area contributed by atoms with Gasteiger partial charge in [0.1, 0.15) is 5.82 Å². The Labute approximate surface area is 102 Å². The third-order valence-electron chi connectivity index (χ3n) is 2.96. The van der Waals surface area contributed by atoms with Crippen LogP contribution in [0.1, 0.15) is 29.5 Å². The highest BCUT2D eigenvalue weighted by molar-refractivity contribution is 5.16. The van der Waals surface area contributed by atoms with Gasteiger partial charge in [-0.25, -0.2) is 4.98 Å². The number of aromatic nitrogens is 3. The Kier molecular flexibility index (Phi) is 3.54. The zero-order chi connectivity index (χ0) is 12.3. The van der Waals surface area contributed by atoms with Crippen LogP contribution in [-0.2, 0) is 13.5 Å². The topological polar surface area (TPSA) is 56.7 Å². The fourth-order valence-corrected chi connectivity index (χ4v) is 1.79. The Morgan fingerprint density at radius 1 is 1.35 bits per heavy atom. The highest BCUT2D eigenvalue weighted by Gasteiger charge is 2.08. The molecule has 17 heavy (non-hydrogen) atoms. The van der Waals surface area contributed by atoms with Gasteiger partial charge in [-0.2, -0.15) is 0 Å². The predicted octanol–water partition coefficient (Wildman–Crippen LogP) is 1.76. The van der Waals surface area contributed by atoms with Crippen molar-refractivity contribution in [1.29, 1.82) is 0 Å². The summed E-state index contributed by atoms with van der Waals surface area (Å²) in [5, 5.41) is 0. The Balaban J connectivity index is 1.95.